The van der Waals surface area contributed by atoms with Gasteiger partial charge in [0.05, 0.1) is 11.6 Å². The zero-order chi connectivity index (χ0) is 12.3. The topological polar surface area (TPSA) is 75.7 Å². The number of allylic oxidation sites excluding steroid dienone is 1. The van der Waals surface area contributed by atoms with Crippen molar-refractivity contribution in [1.82, 2.24) is 0 Å². The molecule has 0 bridgehead atoms. The van der Waals surface area contributed by atoms with Crippen molar-refractivity contribution in [3.05, 3.63) is 41.6 Å². The van der Waals surface area contributed by atoms with Gasteiger partial charge in [-0.2, -0.15) is 0 Å². The zero-order valence-corrected chi connectivity index (χ0v) is 9.34. The highest BCUT2D eigenvalue weighted by atomic mass is 16.4. The number of rotatable bonds is 4. The summed E-state index contributed by atoms with van der Waals surface area (Å²) in [6.45, 7) is 0. The highest BCUT2D eigenvalue weighted by Gasteiger charge is 2.19. The maximum atomic E-state index is 10.9. The quantitative estimate of drug-likeness (QED) is 0.776. The van der Waals surface area contributed by atoms with Gasteiger partial charge in [-0.05, 0) is 30.5 Å². The van der Waals surface area contributed by atoms with E-state index in [1.54, 1.807) is 24.4 Å². The molecule has 0 aliphatic heterocycles. The van der Waals surface area contributed by atoms with Crippen molar-refractivity contribution in [2.45, 2.75) is 18.9 Å². The molecule has 4 heteroatoms. The standard InChI is InChI=1S/C13H14N2O2/c14-7-11(8-15-12-4-5-12)9-2-1-3-10(6-9)13(16)17/h1-3,6-8,12H,4-5,14H2,(H,16,17)/b11-7+,15-8?. The molecule has 0 saturated heterocycles. The molecule has 3 N–H and O–H groups in total. The molecule has 1 aromatic rings. The monoisotopic (exact) mass is 230 g/mol. The summed E-state index contributed by atoms with van der Waals surface area (Å²) in [7, 11) is 0. The van der Waals surface area contributed by atoms with Gasteiger partial charge >= 0.3 is 5.97 Å². The highest BCUT2D eigenvalue weighted by Crippen LogP contribution is 2.24. The Kier molecular flexibility index (Phi) is 3.23. The Morgan fingerprint density at radius 3 is 2.71 bits per heavy atom. The number of hydrogen-bond acceptors (Lipinski definition) is 3. The van der Waals surface area contributed by atoms with Crippen molar-refractivity contribution in [2.75, 3.05) is 0 Å². The first kappa shape index (κ1) is 11.4. The van der Waals surface area contributed by atoms with Crippen molar-refractivity contribution >= 4 is 17.8 Å². The van der Waals surface area contributed by atoms with Crippen molar-refractivity contribution in [2.24, 2.45) is 10.7 Å². The lowest BCUT2D eigenvalue weighted by Gasteiger charge is -2.02. The van der Waals surface area contributed by atoms with E-state index in [-0.39, 0.29) is 5.56 Å². The first-order valence-electron chi connectivity index (χ1n) is 5.49. The van der Waals surface area contributed by atoms with Gasteiger partial charge in [0.25, 0.3) is 0 Å². The number of hydrogen-bond donors (Lipinski definition) is 2. The van der Waals surface area contributed by atoms with E-state index < -0.39 is 5.97 Å². The third-order valence-electron chi connectivity index (χ3n) is 2.59. The molecule has 0 heterocycles. The van der Waals surface area contributed by atoms with Gasteiger partial charge in [0.15, 0.2) is 0 Å². The smallest absolute Gasteiger partial charge is 0.335 e. The normalized spacial score (nSPS) is 16.4. The van der Waals surface area contributed by atoms with E-state index in [0.717, 1.165) is 24.0 Å². The molecule has 0 atom stereocenters. The Morgan fingerprint density at radius 2 is 2.12 bits per heavy atom. The van der Waals surface area contributed by atoms with Crippen LogP contribution in [-0.2, 0) is 0 Å². The lowest BCUT2D eigenvalue weighted by atomic mass is 10.0. The first-order valence-corrected chi connectivity index (χ1v) is 5.49. The van der Waals surface area contributed by atoms with Crippen molar-refractivity contribution in [3.63, 3.8) is 0 Å². The second kappa shape index (κ2) is 4.82. The van der Waals surface area contributed by atoms with Crippen LogP contribution in [0.1, 0.15) is 28.8 Å². The lowest BCUT2D eigenvalue weighted by molar-refractivity contribution is 0.0697. The summed E-state index contributed by atoms with van der Waals surface area (Å²) in [4.78, 5) is 15.2. The summed E-state index contributed by atoms with van der Waals surface area (Å²) < 4.78 is 0. The van der Waals surface area contributed by atoms with E-state index in [0.29, 0.717) is 6.04 Å². The van der Waals surface area contributed by atoms with Crippen LogP contribution in [0.25, 0.3) is 5.57 Å². The molecule has 1 aliphatic carbocycles. The Labute approximate surface area is 99.5 Å². The third kappa shape index (κ3) is 2.93. The van der Waals surface area contributed by atoms with Gasteiger partial charge in [-0.15, -0.1) is 0 Å². The van der Waals surface area contributed by atoms with Gasteiger partial charge in [0.1, 0.15) is 0 Å². The molecular formula is C13H14N2O2. The largest absolute Gasteiger partial charge is 0.478 e. The summed E-state index contributed by atoms with van der Waals surface area (Å²) in [6.07, 6.45) is 5.43. The zero-order valence-electron chi connectivity index (χ0n) is 9.34. The molecule has 1 saturated carbocycles. The molecule has 0 amide bonds. The molecule has 17 heavy (non-hydrogen) atoms. The van der Waals surface area contributed by atoms with Gasteiger partial charge in [0, 0.05) is 18.0 Å². The second-order valence-electron chi connectivity index (χ2n) is 4.02. The fourth-order valence-electron chi connectivity index (χ4n) is 1.45. The summed E-state index contributed by atoms with van der Waals surface area (Å²) in [5, 5.41) is 8.91. The minimum absolute atomic E-state index is 0.252. The van der Waals surface area contributed by atoms with E-state index in [9.17, 15) is 4.79 Å². The minimum Gasteiger partial charge on any atom is -0.478 e. The number of nitrogens with zero attached hydrogens (tertiary/aromatic N) is 1. The van der Waals surface area contributed by atoms with Crippen LogP contribution in [0.4, 0.5) is 0 Å². The fourth-order valence-corrected chi connectivity index (χ4v) is 1.45. The van der Waals surface area contributed by atoms with Crippen LogP contribution in [0.3, 0.4) is 0 Å². The molecule has 0 unspecified atom stereocenters. The average Bonchev–Trinajstić information content (AvgIpc) is 3.14. The highest BCUT2D eigenvalue weighted by molar-refractivity contribution is 6.10. The fraction of sp³-hybridized carbons (Fsp3) is 0.231. The van der Waals surface area contributed by atoms with E-state index in [1.165, 1.54) is 6.20 Å². The van der Waals surface area contributed by atoms with Crippen LogP contribution in [0.2, 0.25) is 0 Å². The Bertz CT molecular complexity index is 488. The summed E-state index contributed by atoms with van der Waals surface area (Å²) in [6, 6.07) is 7.10. The predicted molar refractivity (Wildman–Crippen MR) is 67.1 cm³/mol. The van der Waals surface area contributed by atoms with E-state index in [2.05, 4.69) is 4.99 Å². The van der Waals surface area contributed by atoms with Gasteiger partial charge in [-0.1, -0.05) is 12.1 Å². The number of aromatic carboxylic acids is 1. The summed E-state index contributed by atoms with van der Waals surface area (Å²) in [5.41, 5.74) is 7.31. The minimum atomic E-state index is -0.942. The van der Waals surface area contributed by atoms with Crippen LogP contribution < -0.4 is 5.73 Å². The van der Waals surface area contributed by atoms with Gasteiger partial charge < -0.3 is 10.8 Å². The molecular weight excluding hydrogens is 216 g/mol. The number of aliphatic imine (C=N–C) groups is 1. The van der Waals surface area contributed by atoms with Crippen molar-refractivity contribution in [3.8, 4) is 0 Å². The summed E-state index contributed by atoms with van der Waals surface area (Å²) >= 11 is 0. The van der Waals surface area contributed by atoms with Crippen molar-refractivity contribution < 1.29 is 9.90 Å². The molecule has 0 spiro atoms. The predicted octanol–water partition coefficient (Wildman–Crippen LogP) is 1.92. The van der Waals surface area contributed by atoms with E-state index >= 15 is 0 Å². The number of benzene rings is 1. The lowest BCUT2D eigenvalue weighted by Crippen LogP contribution is -1.98. The Balaban J connectivity index is 2.24. The van der Waals surface area contributed by atoms with Gasteiger partial charge in [-0.3, -0.25) is 4.99 Å². The van der Waals surface area contributed by atoms with Crippen LogP contribution >= 0.6 is 0 Å². The van der Waals surface area contributed by atoms with E-state index in [1.807, 2.05) is 6.07 Å². The maximum Gasteiger partial charge on any atom is 0.335 e. The second-order valence-corrected chi connectivity index (χ2v) is 4.02. The first-order chi connectivity index (χ1) is 8.20. The SMILES string of the molecule is N/C=C(\C=NC1CC1)c1cccc(C(=O)O)c1. The van der Waals surface area contributed by atoms with Gasteiger partial charge in [-0.25, -0.2) is 4.79 Å². The Hall–Kier alpha value is -2.10. The molecule has 0 radical (unpaired) electrons. The number of carbonyl (C=O) groups is 1. The number of carboxylic acids is 1. The molecule has 1 aromatic carbocycles. The molecule has 1 aliphatic rings. The van der Waals surface area contributed by atoms with Crippen LogP contribution in [-0.4, -0.2) is 23.3 Å². The van der Waals surface area contributed by atoms with Crippen LogP contribution in [0.5, 0.6) is 0 Å². The van der Waals surface area contributed by atoms with Crippen LogP contribution in [0.15, 0.2) is 35.5 Å². The Morgan fingerprint density at radius 1 is 1.41 bits per heavy atom. The third-order valence-corrected chi connectivity index (χ3v) is 2.59. The van der Waals surface area contributed by atoms with Gasteiger partial charge in [0.2, 0.25) is 0 Å². The molecule has 0 aromatic heterocycles. The average molecular weight is 230 g/mol. The molecule has 4 nitrogen and oxygen atoms in total. The number of nitrogens with two attached hydrogens (primary N) is 1. The van der Waals surface area contributed by atoms with E-state index in [4.69, 9.17) is 10.8 Å². The van der Waals surface area contributed by atoms with Crippen molar-refractivity contribution in [1.29, 1.82) is 0 Å². The summed E-state index contributed by atoms with van der Waals surface area (Å²) in [5.74, 6) is -0.942. The maximum absolute atomic E-state index is 10.9. The molecule has 88 valence electrons. The molecule has 1 fully saturated rings. The molecule has 2 rings (SSSR count). The van der Waals surface area contributed by atoms with Crippen LogP contribution in [0, 0.1) is 0 Å². The number of carboxylic acid groups (broad SMARTS) is 1.